The van der Waals surface area contributed by atoms with Gasteiger partial charge in [0.15, 0.2) is 0 Å². The van der Waals surface area contributed by atoms with Gasteiger partial charge in [-0.25, -0.2) is 14.4 Å². The lowest BCUT2D eigenvalue weighted by atomic mass is 9.97. The Hall–Kier alpha value is -3.27. The third-order valence-electron chi connectivity index (χ3n) is 5.87. The standard InChI is InChI=1S/C25H35N3O7/c1-25(2,3)35-24(31)27-12-10-17(11-13-27)14-26-18-6-8-19(9-7-18)28-16-34-15-20(22(29)32-4)21(28)23(30)33-5/h6-9,17,26H,10-16H2,1-5H3. The van der Waals surface area contributed by atoms with E-state index in [-0.39, 0.29) is 30.7 Å². The maximum absolute atomic E-state index is 12.4. The van der Waals surface area contributed by atoms with Crippen LogP contribution in [-0.4, -0.2) is 75.7 Å². The van der Waals surface area contributed by atoms with Crippen molar-refractivity contribution in [1.82, 2.24) is 4.90 Å². The molecule has 1 saturated heterocycles. The lowest BCUT2D eigenvalue weighted by molar-refractivity contribution is -0.140. The lowest BCUT2D eigenvalue weighted by Gasteiger charge is -2.33. The van der Waals surface area contributed by atoms with Crippen LogP contribution >= 0.6 is 0 Å². The van der Waals surface area contributed by atoms with Crippen LogP contribution in [0.1, 0.15) is 33.6 Å². The number of anilines is 2. The first-order chi connectivity index (χ1) is 16.6. The highest BCUT2D eigenvalue weighted by molar-refractivity contribution is 6.03. The van der Waals surface area contributed by atoms with Crippen molar-refractivity contribution in [2.24, 2.45) is 5.92 Å². The molecule has 1 N–H and O–H groups in total. The van der Waals surface area contributed by atoms with E-state index in [0.29, 0.717) is 24.7 Å². The Morgan fingerprint density at radius 3 is 2.23 bits per heavy atom. The molecule has 0 saturated carbocycles. The zero-order valence-electron chi connectivity index (χ0n) is 21.1. The van der Waals surface area contributed by atoms with Gasteiger partial charge in [0.25, 0.3) is 0 Å². The van der Waals surface area contributed by atoms with Gasteiger partial charge in [0.1, 0.15) is 18.0 Å². The molecule has 0 aliphatic carbocycles. The van der Waals surface area contributed by atoms with Crippen molar-refractivity contribution in [3.05, 3.63) is 35.5 Å². The molecular weight excluding hydrogens is 454 g/mol. The van der Waals surface area contributed by atoms with Gasteiger partial charge in [-0.2, -0.15) is 0 Å². The molecule has 1 aromatic carbocycles. The molecule has 192 valence electrons. The van der Waals surface area contributed by atoms with Gasteiger partial charge in [0.05, 0.1) is 26.4 Å². The molecule has 1 fully saturated rings. The number of amides is 1. The van der Waals surface area contributed by atoms with Crippen LogP contribution in [0.2, 0.25) is 0 Å². The van der Waals surface area contributed by atoms with Crippen molar-refractivity contribution < 1.29 is 33.3 Å². The van der Waals surface area contributed by atoms with Gasteiger partial charge in [-0.05, 0) is 63.8 Å². The third kappa shape index (κ3) is 6.88. The molecule has 0 aromatic heterocycles. The second-order valence-electron chi connectivity index (χ2n) is 9.55. The predicted octanol–water partition coefficient (Wildman–Crippen LogP) is 3.14. The average molecular weight is 490 g/mol. The Balaban J connectivity index is 1.58. The molecule has 1 aromatic rings. The molecule has 10 nitrogen and oxygen atoms in total. The highest BCUT2D eigenvalue weighted by Crippen LogP contribution is 2.28. The minimum absolute atomic E-state index is 0.0278. The van der Waals surface area contributed by atoms with Gasteiger partial charge in [0, 0.05) is 31.0 Å². The quantitative estimate of drug-likeness (QED) is 0.476. The zero-order chi connectivity index (χ0) is 25.6. The Bertz CT molecular complexity index is 945. The summed E-state index contributed by atoms with van der Waals surface area (Å²) < 4.78 is 20.7. The number of ether oxygens (including phenoxy) is 4. The average Bonchev–Trinajstić information content (AvgIpc) is 2.85. The Labute approximate surface area is 206 Å². The Morgan fingerprint density at radius 1 is 1.03 bits per heavy atom. The van der Waals surface area contributed by atoms with E-state index in [2.05, 4.69) is 5.32 Å². The fourth-order valence-corrected chi connectivity index (χ4v) is 4.01. The minimum atomic E-state index is -0.633. The van der Waals surface area contributed by atoms with Crippen LogP contribution < -0.4 is 10.2 Å². The number of hydrogen-bond acceptors (Lipinski definition) is 9. The van der Waals surface area contributed by atoms with Crippen LogP contribution in [0.3, 0.4) is 0 Å². The van der Waals surface area contributed by atoms with Gasteiger partial charge >= 0.3 is 18.0 Å². The van der Waals surface area contributed by atoms with Crippen molar-refractivity contribution in [3.8, 4) is 0 Å². The first-order valence-corrected chi connectivity index (χ1v) is 11.7. The SMILES string of the molecule is COC(=O)C1=C(C(=O)OC)N(c2ccc(NCC3CCN(C(=O)OC(C)(C)C)CC3)cc2)COC1. The molecule has 0 spiro atoms. The number of nitrogens with one attached hydrogen (secondary N) is 1. The van der Waals surface area contributed by atoms with Crippen LogP contribution in [0.15, 0.2) is 35.5 Å². The summed E-state index contributed by atoms with van der Waals surface area (Å²) in [6, 6.07) is 7.51. The van der Waals surface area contributed by atoms with Crippen molar-refractivity contribution in [3.63, 3.8) is 0 Å². The molecule has 0 atom stereocenters. The van der Waals surface area contributed by atoms with Gasteiger partial charge in [0.2, 0.25) is 0 Å². The second-order valence-corrected chi connectivity index (χ2v) is 9.55. The van der Waals surface area contributed by atoms with Crippen molar-refractivity contribution in [2.75, 3.05) is 57.4 Å². The van der Waals surface area contributed by atoms with Crippen LogP contribution in [0.4, 0.5) is 16.2 Å². The predicted molar refractivity (Wildman–Crippen MR) is 130 cm³/mol. The molecule has 0 bridgehead atoms. The molecule has 0 radical (unpaired) electrons. The summed E-state index contributed by atoms with van der Waals surface area (Å²) >= 11 is 0. The summed E-state index contributed by atoms with van der Waals surface area (Å²) in [5, 5.41) is 3.45. The first-order valence-electron chi connectivity index (χ1n) is 11.7. The van der Waals surface area contributed by atoms with Crippen molar-refractivity contribution >= 4 is 29.4 Å². The molecule has 2 heterocycles. The Morgan fingerprint density at radius 2 is 1.66 bits per heavy atom. The summed E-state index contributed by atoms with van der Waals surface area (Å²) in [6.45, 7) is 7.84. The Kier molecular flexibility index (Phi) is 8.61. The summed E-state index contributed by atoms with van der Waals surface area (Å²) in [4.78, 5) is 40.2. The molecule has 2 aliphatic heterocycles. The maximum atomic E-state index is 12.4. The maximum Gasteiger partial charge on any atom is 0.410 e. The molecule has 3 rings (SSSR count). The molecular formula is C25H35N3O7. The fourth-order valence-electron chi connectivity index (χ4n) is 4.01. The van der Waals surface area contributed by atoms with E-state index in [1.807, 2.05) is 45.0 Å². The van der Waals surface area contributed by atoms with Crippen LogP contribution in [0.25, 0.3) is 0 Å². The number of likely N-dealkylation sites (tertiary alicyclic amines) is 1. The largest absolute Gasteiger partial charge is 0.466 e. The number of carbonyl (C=O) groups excluding carboxylic acids is 3. The summed E-state index contributed by atoms with van der Waals surface area (Å²) in [5.41, 5.74) is 1.35. The lowest BCUT2D eigenvalue weighted by Crippen LogP contribution is -2.42. The molecule has 1 amide bonds. The summed E-state index contributed by atoms with van der Waals surface area (Å²) in [6.07, 6.45) is 1.55. The van der Waals surface area contributed by atoms with Gasteiger partial charge in [-0.15, -0.1) is 0 Å². The molecule has 35 heavy (non-hydrogen) atoms. The highest BCUT2D eigenvalue weighted by atomic mass is 16.6. The minimum Gasteiger partial charge on any atom is -0.466 e. The van der Waals surface area contributed by atoms with E-state index in [1.165, 1.54) is 14.2 Å². The number of carbonyl (C=O) groups is 3. The van der Waals surface area contributed by atoms with Gasteiger partial charge in [-0.3, -0.25) is 0 Å². The van der Waals surface area contributed by atoms with Crippen molar-refractivity contribution in [2.45, 2.75) is 39.2 Å². The van der Waals surface area contributed by atoms with E-state index in [4.69, 9.17) is 18.9 Å². The summed E-state index contributed by atoms with van der Waals surface area (Å²) in [5.74, 6) is -0.819. The number of hydrogen-bond donors (Lipinski definition) is 1. The van der Waals surface area contributed by atoms with Gasteiger partial charge in [-0.1, -0.05) is 0 Å². The van der Waals surface area contributed by atoms with Crippen LogP contribution in [0, 0.1) is 5.92 Å². The van der Waals surface area contributed by atoms with Gasteiger partial charge < -0.3 is 34.1 Å². The highest BCUT2D eigenvalue weighted by Gasteiger charge is 2.32. The van der Waals surface area contributed by atoms with Crippen LogP contribution in [0.5, 0.6) is 0 Å². The number of benzene rings is 1. The molecule has 0 unspecified atom stereocenters. The van der Waals surface area contributed by atoms with E-state index < -0.39 is 17.5 Å². The molecule has 2 aliphatic rings. The second kappa shape index (κ2) is 11.4. The third-order valence-corrected chi connectivity index (χ3v) is 5.87. The van der Waals surface area contributed by atoms with E-state index in [1.54, 1.807) is 9.80 Å². The first kappa shape index (κ1) is 26.3. The zero-order valence-corrected chi connectivity index (χ0v) is 21.1. The van der Waals surface area contributed by atoms with E-state index in [9.17, 15) is 14.4 Å². The fraction of sp³-hybridized carbons (Fsp3) is 0.560. The number of piperidine rings is 1. The van der Waals surface area contributed by atoms with E-state index in [0.717, 1.165) is 25.1 Å². The number of rotatable bonds is 6. The topological polar surface area (TPSA) is 107 Å². The van der Waals surface area contributed by atoms with Crippen molar-refractivity contribution in [1.29, 1.82) is 0 Å². The molecule has 10 heteroatoms. The summed E-state index contributed by atoms with van der Waals surface area (Å²) in [7, 11) is 2.52. The normalized spacial score (nSPS) is 17.2. The smallest absolute Gasteiger partial charge is 0.410 e. The number of methoxy groups -OCH3 is 2. The van der Waals surface area contributed by atoms with Crippen LogP contribution in [-0.2, 0) is 28.5 Å². The number of nitrogens with zero attached hydrogens (tertiary/aromatic N) is 2. The van der Waals surface area contributed by atoms with E-state index >= 15 is 0 Å². The monoisotopic (exact) mass is 489 g/mol. The number of esters is 2.